The first-order chi connectivity index (χ1) is 9.72. The lowest BCUT2D eigenvalue weighted by atomic mass is 10.1. The van der Waals surface area contributed by atoms with E-state index < -0.39 is 0 Å². The van der Waals surface area contributed by atoms with Crippen molar-refractivity contribution in [1.29, 1.82) is 0 Å². The zero-order valence-corrected chi connectivity index (χ0v) is 12.5. The van der Waals surface area contributed by atoms with Gasteiger partial charge in [-0.2, -0.15) is 0 Å². The van der Waals surface area contributed by atoms with Gasteiger partial charge in [-0.25, -0.2) is 0 Å². The van der Waals surface area contributed by atoms with Crippen LogP contribution in [-0.4, -0.2) is 43.4 Å². The predicted molar refractivity (Wildman–Crippen MR) is 79.2 cm³/mol. The van der Waals surface area contributed by atoms with E-state index in [9.17, 15) is 5.11 Å². The van der Waals surface area contributed by atoms with Gasteiger partial charge in [0.25, 0.3) is 0 Å². The first-order valence-electron chi connectivity index (χ1n) is 7.39. The van der Waals surface area contributed by atoms with E-state index in [0.29, 0.717) is 18.3 Å². The third-order valence-corrected chi connectivity index (χ3v) is 3.70. The van der Waals surface area contributed by atoms with Crippen LogP contribution in [0.25, 0.3) is 0 Å². The monoisotopic (exact) mass is 279 g/mol. The second-order valence-corrected chi connectivity index (χ2v) is 5.48. The van der Waals surface area contributed by atoms with Crippen LogP contribution in [0.3, 0.4) is 0 Å². The topological polar surface area (TPSA) is 41.9 Å². The summed E-state index contributed by atoms with van der Waals surface area (Å²) in [6, 6.07) is 5.62. The van der Waals surface area contributed by atoms with Gasteiger partial charge >= 0.3 is 0 Å². The van der Waals surface area contributed by atoms with Crippen molar-refractivity contribution in [2.45, 2.75) is 26.3 Å². The number of aromatic hydroxyl groups is 1. The van der Waals surface area contributed by atoms with Crippen LogP contribution in [0.15, 0.2) is 18.2 Å². The number of phenolic OH excluding ortho intramolecular Hbond substituents is 1. The lowest BCUT2D eigenvalue weighted by molar-refractivity contribution is 0.152. The summed E-state index contributed by atoms with van der Waals surface area (Å²) >= 11 is 0. The van der Waals surface area contributed by atoms with Crippen LogP contribution in [0.4, 0.5) is 0 Å². The van der Waals surface area contributed by atoms with Gasteiger partial charge in [-0.15, -0.1) is 0 Å². The van der Waals surface area contributed by atoms with Crippen molar-refractivity contribution < 1.29 is 14.6 Å². The van der Waals surface area contributed by atoms with Crippen LogP contribution in [0.1, 0.15) is 25.3 Å². The molecule has 2 rings (SSSR count). The molecule has 0 aliphatic carbocycles. The average molecular weight is 279 g/mol. The largest absolute Gasteiger partial charge is 0.507 e. The standard InChI is InChI=1S/C16H25NO3/c1-3-8-20-15-5-4-14(16(18)9-15)11-17-7-6-13(10-17)12-19-2/h4-5,9,13,18H,3,6-8,10-12H2,1-2H3. The molecule has 1 N–H and O–H groups in total. The molecular weight excluding hydrogens is 254 g/mol. The molecule has 1 aliphatic rings. The molecule has 1 aromatic carbocycles. The van der Waals surface area contributed by atoms with E-state index in [-0.39, 0.29) is 0 Å². The zero-order chi connectivity index (χ0) is 14.4. The van der Waals surface area contributed by atoms with Gasteiger partial charge < -0.3 is 14.6 Å². The molecule has 1 fully saturated rings. The Balaban J connectivity index is 1.90. The fourth-order valence-electron chi connectivity index (χ4n) is 2.66. The number of hydrogen-bond acceptors (Lipinski definition) is 4. The predicted octanol–water partition coefficient (Wildman–Crippen LogP) is 2.65. The number of rotatable bonds is 7. The molecule has 112 valence electrons. The Morgan fingerprint density at radius 3 is 2.95 bits per heavy atom. The zero-order valence-electron chi connectivity index (χ0n) is 12.5. The van der Waals surface area contributed by atoms with Crippen molar-refractivity contribution in [3.05, 3.63) is 23.8 Å². The highest BCUT2D eigenvalue weighted by Gasteiger charge is 2.22. The number of nitrogens with zero attached hydrogens (tertiary/aromatic N) is 1. The third kappa shape index (κ3) is 4.12. The minimum atomic E-state index is 0.328. The summed E-state index contributed by atoms with van der Waals surface area (Å²) in [6.45, 7) is 6.48. The molecule has 0 radical (unpaired) electrons. The molecule has 1 saturated heterocycles. The quantitative estimate of drug-likeness (QED) is 0.833. The molecule has 1 heterocycles. The van der Waals surface area contributed by atoms with Crippen LogP contribution in [0.5, 0.6) is 11.5 Å². The van der Waals surface area contributed by atoms with Crippen molar-refractivity contribution in [2.75, 3.05) is 33.4 Å². The Bertz CT molecular complexity index is 422. The molecule has 1 aliphatic heterocycles. The third-order valence-electron chi connectivity index (χ3n) is 3.70. The van der Waals surface area contributed by atoms with Crippen LogP contribution in [0.2, 0.25) is 0 Å². The molecule has 4 nitrogen and oxygen atoms in total. The second kappa shape index (κ2) is 7.50. The smallest absolute Gasteiger partial charge is 0.123 e. The Morgan fingerprint density at radius 2 is 2.25 bits per heavy atom. The maximum atomic E-state index is 10.1. The summed E-state index contributed by atoms with van der Waals surface area (Å²) in [5.41, 5.74) is 0.965. The van der Waals surface area contributed by atoms with Crippen molar-refractivity contribution in [3.8, 4) is 11.5 Å². The van der Waals surface area contributed by atoms with Crippen LogP contribution in [0, 0.1) is 5.92 Å². The van der Waals surface area contributed by atoms with Crippen molar-refractivity contribution in [1.82, 2.24) is 4.90 Å². The molecule has 0 amide bonds. The Hall–Kier alpha value is -1.26. The highest BCUT2D eigenvalue weighted by molar-refractivity contribution is 5.39. The lowest BCUT2D eigenvalue weighted by Crippen LogP contribution is -2.21. The van der Waals surface area contributed by atoms with E-state index in [0.717, 1.165) is 44.0 Å². The van der Waals surface area contributed by atoms with Gasteiger partial charge in [-0.05, 0) is 31.4 Å². The minimum Gasteiger partial charge on any atom is -0.507 e. The van der Waals surface area contributed by atoms with Gasteiger partial charge in [0.2, 0.25) is 0 Å². The number of phenols is 1. The summed E-state index contributed by atoms with van der Waals surface area (Å²) in [4.78, 5) is 2.37. The van der Waals surface area contributed by atoms with Crippen molar-refractivity contribution >= 4 is 0 Å². The maximum absolute atomic E-state index is 10.1. The van der Waals surface area contributed by atoms with Gasteiger partial charge in [0.05, 0.1) is 13.2 Å². The number of likely N-dealkylation sites (tertiary alicyclic amines) is 1. The van der Waals surface area contributed by atoms with Crippen LogP contribution < -0.4 is 4.74 Å². The van der Waals surface area contributed by atoms with Crippen molar-refractivity contribution in [3.63, 3.8) is 0 Å². The maximum Gasteiger partial charge on any atom is 0.123 e. The number of benzene rings is 1. The average Bonchev–Trinajstić information content (AvgIpc) is 2.87. The minimum absolute atomic E-state index is 0.328. The summed E-state index contributed by atoms with van der Waals surface area (Å²) in [5.74, 6) is 1.69. The fraction of sp³-hybridized carbons (Fsp3) is 0.625. The summed E-state index contributed by atoms with van der Waals surface area (Å²) in [6.07, 6.45) is 2.14. The molecule has 0 aromatic heterocycles. The summed E-state index contributed by atoms with van der Waals surface area (Å²) in [7, 11) is 1.75. The highest BCUT2D eigenvalue weighted by Crippen LogP contribution is 2.27. The fourth-order valence-corrected chi connectivity index (χ4v) is 2.66. The molecule has 20 heavy (non-hydrogen) atoms. The Kier molecular flexibility index (Phi) is 5.68. The number of methoxy groups -OCH3 is 1. The molecule has 4 heteroatoms. The van der Waals surface area contributed by atoms with E-state index in [2.05, 4.69) is 11.8 Å². The molecule has 1 aromatic rings. The van der Waals surface area contributed by atoms with Gasteiger partial charge in [0.15, 0.2) is 0 Å². The Morgan fingerprint density at radius 1 is 1.40 bits per heavy atom. The number of hydrogen-bond donors (Lipinski definition) is 1. The molecule has 1 unspecified atom stereocenters. The molecule has 0 saturated carbocycles. The lowest BCUT2D eigenvalue weighted by Gasteiger charge is -2.17. The molecular formula is C16H25NO3. The Labute approximate surface area is 121 Å². The van der Waals surface area contributed by atoms with Crippen molar-refractivity contribution in [2.24, 2.45) is 5.92 Å². The SMILES string of the molecule is CCCOc1ccc(CN2CCC(COC)C2)c(O)c1. The van der Waals surface area contributed by atoms with Gasteiger partial charge in [0.1, 0.15) is 11.5 Å². The van der Waals surface area contributed by atoms with Gasteiger partial charge in [-0.1, -0.05) is 13.0 Å². The first-order valence-corrected chi connectivity index (χ1v) is 7.39. The molecule has 0 spiro atoms. The van der Waals surface area contributed by atoms with Gasteiger partial charge in [-0.3, -0.25) is 4.90 Å². The van der Waals surface area contributed by atoms with E-state index in [4.69, 9.17) is 9.47 Å². The molecule has 0 bridgehead atoms. The number of ether oxygens (including phenoxy) is 2. The van der Waals surface area contributed by atoms with Crippen LogP contribution in [-0.2, 0) is 11.3 Å². The van der Waals surface area contributed by atoms with E-state index in [1.165, 1.54) is 6.42 Å². The normalized spacial score (nSPS) is 19.4. The van der Waals surface area contributed by atoms with E-state index in [1.807, 2.05) is 12.1 Å². The molecule has 1 atom stereocenters. The summed E-state index contributed by atoms with van der Waals surface area (Å²) in [5, 5.41) is 10.1. The van der Waals surface area contributed by atoms with Crippen LogP contribution >= 0.6 is 0 Å². The summed E-state index contributed by atoms with van der Waals surface area (Å²) < 4.78 is 10.7. The van der Waals surface area contributed by atoms with E-state index >= 15 is 0 Å². The first kappa shape index (κ1) is 15.1. The highest BCUT2D eigenvalue weighted by atomic mass is 16.5. The van der Waals surface area contributed by atoms with Gasteiger partial charge in [0, 0.05) is 31.8 Å². The second-order valence-electron chi connectivity index (χ2n) is 5.48. The van der Waals surface area contributed by atoms with E-state index in [1.54, 1.807) is 13.2 Å².